The van der Waals surface area contributed by atoms with Crippen LogP contribution < -0.4 is 0 Å². The van der Waals surface area contributed by atoms with Crippen molar-refractivity contribution in [1.29, 1.82) is 0 Å². The summed E-state index contributed by atoms with van der Waals surface area (Å²) in [5, 5.41) is 10.1. The van der Waals surface area contributed by atoms with Crippen molar-refractivity contribution in [3.8, 4) is 0 Å². The van der Waals surface area contributed by atoms with Crippen LogP contribution in [0.3, 0.4) is 0 Å². The fourth-order valence-electron chi connectivity index (χ4n) is 3.41. The van der Waals surface area contributed by atoms with Gasteiger partial charge in [-0.15, -0.1) is 0 Å². The zero-order valence-corrected chi connectivity index (χ0v) is 16.3. The third-order valence-electron chi connectivity index (χ3n) is 4.61. The average molecular weight is 387 g/mol. The van der Waals surface area contributed by atoms with Crippen LogP contribution in [0.4, 0.5) is 4.79 Å². The summed E-state index contributed by atoms with van der Waals surface area (Å²) in [5.41, 5.74) is 1.29. The molecular formula is C20H25N3O5. The second-order valence-corrected chi connectivity index (χ2v) is 7.99. The van der Waals surface area contributed by atoms with E-state index in [-0.39, 0.29) is 25.7 Å². The molecule has 2 N–H and O–H groups in total. The molecule has 1 saturated heterocycles. The number of rotatable bonds is 4. The van der Waals surface area contributed by atoms with E-state index >= 15 is 0 Å². The number of aliphatic carboxylic acids is 1. The number of nitrogens with zero attached hydrogens (tertiary/aromatic N) is 2. The van der Waals surface area contributed by atoms with Crippen LogP contribution in [-0.4, -0.2) is 69.1 Å². The molecule has 1 aromatic heterocycles. The van der Waals surface area contributed by atoms with Crippen molar-refractivity contribution in [2.45, 2.75) is 38.8 Å². The standard InChI is InChI=1S/C20H25N3O5/c1-20(2,3)28-19(27)23-11-17(24)22(12-18(25)26)10-14(23)8-13-9-21-16-7-5-4-6-15(13)16/h4-7,9,14,21H,8,10-12H2,1-3H3,(H,25,26). The molecule has 1 aromatic carbocycles. The van der Waals surface area contributed by atoms with Crippen molar-refractivity contribution in [2.75, 3.05) is 19.6 Å². The van der Waals surface area contributed by atoms with Crippen molar-refractivity contribution < 1.29 is 24.2 Å². The molecule has 1 aliphatic heterocycles. The first-order chi connectivity index (χ1) is 13.1. The maximum absolute atomic E-state index is 12.7. The first-order valence-electron chi connectivity index (χ1n) is 9.18. The summed E-state index contributed by atoms with van der Waals surface area (Å²) >= 11 is 0. The number of carbonyl (C=O) groups excluding carboxylic acids is 2. The summed E-state index contributed by atoms with van der Waals surface area (Å²) in [6.45, 7) is 4.86. The molecular weight excluding hydrogens is 362 g/mol. The van der Waals surface area contributed by atoms with Gasteiger partial charge in [-0.2, -0.15) is 0 Å². The minimum absolute atomic E-state index is 0.143. The lowest BCUT2D eigenvalue weighted by molar-refractivity contribution is -0.148. The van der Waals surface area contributed by atoms with E-state index in [4.69, 9.17) is 9.84 Å². The number of hydrogen-bond donors (Lipinski definition) is 2. The Hall–Kier alpha value is -3.03. The molecule has 2 amide bonds. The van der Waals surface area contributed by atoms with E-state index in [1.165, 1.54) is 9.80 Å². The number of benzene rings is 1. The summed E-state index contributed by atoms with van der Waals surface area (Å²) in [7, 11) is 0. The second-order valence-electron chi connectivity index (χ2n) is 7.99. The van der Waals surface area contributed by atoms with E-state index < -0.39 is 23.6 Å². The average Bonchev–Trinajstić information content (AvgIpc) is 2.98. The molecule has 1 aliphatic rings. The minimum Gasteiger partial charge on any atom is -0.480 e. The maximum Gasteiger partial charge on any atom is 0.411 e. The number of ether oxygens (including phenoxy) is 1. The van der Waals surface area contributed by atoms with Crippen LogP contribution in [0.2, 0.25) is 0 Å². The van der Waals surface area contributed by atoms with Gasteiger partial charge in [-0.05, 0) is 38.8 Å². The zero-order chi connectivity index (χ0) is 20.5. The SMILES string of the molecule is CC(C)(C)OC(=O)N1CC(=O)N(CC(=O)O)CC1Cc1c[nH]c2ccccc12. The first kappa shape index (κ1) is 19.7. The Kier molecular flexibility index (Phi) is 5.31. The van der Waals surface area contributed by atoms with Crippen LogP contribution in [0.5, 0.6) is 0 Å². The zero-order valence-electron chi connectivity index (χ0n) is 16.3. The molecule has 2 aromatic rings. The number of aromatic amines is 1. The van der Waals surface area contributed by atoms with Gasteiger partial charge < -0.3 is 19.7 Å². The van der Waals surface area contributed by atoms with Crippen LogP contribution in [-0.2, 0) is 20.7 Å². The van der Waals surface area contributed by atoms with Gasteiger partial charge in [0.05, 0.1) is 6.04 Å². The molecule has 0 bridgehead atoms. The van der Waals surface area contributed by atoms with E-state index in [1.807, 2.05) is 30.5 Å². The van der Waals surface area contributed by atoms with Gasteiger partial charge in [-0.25, -0.2) is 4.79 Å². The molecule has 8 nitrogen and oxygen atoms in total. The predicted octanol–water partition coefficient (Wildman–Crippen LogP) is 2.24. The van der Waals surface area contributed by atoms with E-state index in [1.54, 1.807) is 20.8 Å². The molecule has 150 valence electrons. The Morgan fingerprint density at radius 1 is 1.29 bits per heavy atom. The van der Waals surface area contributed by atoms with Crippen LogP contribution in [0, 0.1) is 0 Å². The van der Waals surface area contributed by atoms with Gasteiger partial charge in [-0.1, -0.05) is 18.2 Å². The summed E-state index contributed by atoms with van der Waals surface area (Å²) < 4.78 is 5.47. The van der Waals surface area contributed by atoms with E-state index in [2.05, 4.69) is 4.98 Å². The number of fused-ring (bicyclic) bond motifs is 1. The van der Waals surface area contributed by atoms with Gasteiger partial charge in [-0.3, -0.25) is 14.5 Å². The summed E-state index contributed by atoms with van der Waals surface area (Å²) in [6.07, 6.45) is 1.79. The van der Waals surface area contributed by atoms with Crippen molar-refractivity contribution in [3.63, 3.8) is 0 Å². The summed E-state index contributed by atoms with van der Waals surface area (Å²) in [6, 6.07) is 7.44. The van der Waals surface area contributed by atoms with Gasteiger partial charge in [0.1, 0.15) is 18.7 Å². The largest absolute Gasteiger partial charge is 0.480 e. The monoisotopic (exact) mass is 387 g/mol. The summed E-state index contributed by atoms with van der Waals surface area (Å²) in [4.78, 5) is 42.1. The topological polar surface area (TPSA) is 103 Å². The highest BCUT2D eigenvalue weighted by atomic mass is 16.6. The number of para-hydroxylation sites is 1. The van der Waals surface area contributed by atoms with Crippen molar-refractivity contribution in [1.82, 2.24) is 14.8 Å². The maximum atomic E-state index is 12.7. The van der Waals surface area contributed by atoms with E-state index in [9.17, 15) is 14.4 Å². The highest BCUT2D eigenvalue weighted by molar-refractivity contribution is 5.87. The van der Waals surface area contributed by atoms with Crippen molar-refractivity contribution in [3.05, 3.63) is 36.0 Å². The molecule has 1 atom stereocenters. The highest BCUT2D eigenvalue weighted by Crippen LogP contribution is 2.24. The van der Waals surface area contributed by atoms with Gasteiger partial charge in [0.2, 0.25) is 5.91 Å². The lowest BCUT2D eigenvalue weighted by atomic mass is 10.0. The third-order valence-corrected chi connectivity index (χ3v) is 4.61. The quantitative estimate of drug-likeness (QED) is 0.838. The van der Waals surface area contributed by atoms with Crippen molar-refractivity contribution >= 4 is 28.9 Å². The van der Waals surface area contributed by atoms with Crippen LogP contribution in [0.25, 0.3) is 10.9 Å². The Balaban J connectivity index is 1.87. The number of carboxylic acids is 1. The Morgan fingerprint density at radius 2 is 2.00 bits per heavy atom. The number of nitrogens with one attached hydrogen (secondary N) is 1. The van der Waals surface area contributed by atoms with Crippen LogP contribution in [0.1, 0.15) is 26.3 Å². The fourth-order valence-corrected chi connectivity index (χ4v) is 3.41. The molecule has 1 unspecified atom stereocenters. The third kappa shape index (κ3) is 4.44. The number of piperazine rings is 1. The lowest BCUT2D eigenvalue weighted by Gasteiger charge is -2.40. The molecule has 1 fully saturated rings. The number of carboxylic acid groups (broad SMARTS) is 1. The predicted molar refractivity (Wildman–Crippen MR) is 103 cm³/mol. The lowest BCUT2D eigenvalue weighted by Crippen LogP contribution is -2.60. The van der Waals surface area contributed by atoms with Gasteiger partial charge in [0.25, 0.3) is 0 Å². The van der Waals surface area contributed by atoms with E-state index in [0.29, 0.717) is 6.42 Å². The molecule has 28 heavy (non-hydrogen) atoms. The van der Waals surface area contributed by atoms with Crippen molar-refractivity contribution in [2.24, 2.45) is 0 Å². The van der Waals surface area contributed by atoms with Crippen LogP contribution >= 0.6 is 0 Å². The number of aromatic nitrogens is 1. The second kappa shape index (κ2) is 7.53. The normalized spacial score (nSPS) is 17.8. The fraction of sp³-hybridized carbons (Fsp3) is 0.450. The smallest absolute Gasteiger partial charge is 0.411 e. The van der Waals surface area contributed by atoms with Crippen LogP contribution in [0.15, 0.2) is 30.5 Å². The van der Waals surface area contributed by atoms with Gasteiger partial charge in [0, 0.05) is 23.6 Å². The molecule has 0 radical (unpaired) electrons. The number of amides is 2. The highest BCUT2D eigenvalue weighted by Gasteiger charge is 2.38. The molecule has 0 saturated carbocycles. The number of carbonyl (C=O) groups is 3. The first-order valence-corrected chi connectivity index (χ1v) is 9.18. The summed E-state index contributed by atoms with van der Waals surface area (Å²) in [5.74, 6) is -1.48. The molecule has 3 rings (SSSR count). The number of H-pyrrole nitrogens is 1. The Bertz CT molecular complexity index is 899. The Morgan fingerprint density at radius 3 is 2.68 bits per heavy atom. The van der Waals surface area contributed by atoms with E-state index in [0.717, 1.165) is 16.5 Å². The molecule has 0 spiro atoms. The molecule has 8 heteroatoms. The Labute approximate surface area is 163 Å². The molecule has 0 aliphatic carbocycles. The minimum atomic E-state index is -1.08. The van der Waals surface area contributed by atoms with Gasteiger partial charge >= 0.3 is 12.1 Å². The van der Waals surface area contributed by atoms with Gasteiger partial charge in [0.15, 0.2) is 0 Å². The molecule has 2 heterocycles. The number of hydrogen-bond acceptors (Lipinski definition) is 4.